The van der Waals surface area contributed by atoms with Crippen LogP contribution in [-0.2, 0) is 0 Å². The second kappa shape index (κ2) is 6.19. The summed E-state index contributed by atoms with van der Waals surface area (Å²) >= 11 is 1.67. The Bertz CT molecular complexity index is 1440. The van der Waals surface area contributed by atoms with E-state index in [1.807, 2.05) is 30.3 Å². The number of fused-ring (bicyclic) bond motifs is 4. The van der Waals surface area contributed by atoms with E-state index >= 15 is 0 Å². The first-order valence-corrected chi connectivity index (χ1v) is 10.3. The molecular weight excluding hydrogens is 376 g/mol. The van der Waals surface area contributed by atoms with Crippen LogP contribution in [0.3, 0.4) is 0 Å². The Labute approximate surface area is 171 Å². The van der Waals surface area contributed by atoms with Crippen LogP contribution in [0.4, 0.5) is 0 Å². The molecule has 0 saturated carbocycles. The normalized spacial score (nSPS) is 11.6. The number of aromatic nitrogens is 2. The molecular formula is C25H16N2OS. The number of phenolic OH excluding ortho intramolecular Hbond substituents is 1. The minimum absolute atomic E-state index is 0.242. The molecule has 0 saturated heterocycles. The van der Waals surface area contributed by atoms with E-state index in [0.29, 0.717) is 0 Å². The maximum absolute atomic E-state index is 10.3. The molecule has 0 atom stereocenters. The van der Waals surface area contributed by atoms with Gasteiger partial charge in [-0.05, 0) is 36.4 Å². The van der Waals surface area contributed by atoms with Gasteiger partial charge < -0.3 is 9.67 Å². The smallest absolute Gasteiger partial charge is 0.126 e. The van der Waals surface area contributed by atoms with Crippen molar-refractivity contribution in [3.05, 3.63) is 91.0 Å². The Morgan fingerprint density at radius 3 is 2.10 bits per heavy atom. The van der Waals surface area contributed by atoms with E-state index < -0.39 is 0 Å². The number of benzene rings is 4. The van der Waals surface area contributed by atoms with Gasteiger partial charge in [0.05, 0.1) is 26.9 Å². The van der Waals surface area contributed by atoms with Crippen molar-refractivity contribution in [2.24, 2.45) is 0 Å². The minimum Gasteiger partial charge on any atom is -0.508 e. The van der Waals surface area contributed by atoms with Gasteiger partial charge in [0.15, 0.2) is 0 Å². The molecule has 0 unspecified atom stereocenters. The summed E-state index contributed by atoms with van der Waals surface area (Å²) in [7, 11) is 0. The second-order valence-electron chi connectivity index (χ2n) is 7.06. The first-order valence-electron chi connectivity index (χ1n) is 9.47. The van der Waals surface area contributed by atoms with Crippen molar-refractivity contribution in [1.29, 1.82) is 0 Å². The molecule has 6 aromatic rings. The standard InChI is InChI=1S/C25H16N2OS/c28-16-13-14-19(25-26-20-9-3-6-12-24(20)29-25)23(15-16)27-21-10-4-1-7-17(21)18-8-2-5-11-22(18)27/h1-15,28H. The summed E-state index contributed by atoms with van der Waals surface area (Å²) in [6, 6.07) is 30.5. The Morgan fingerprint density at radius 1 is 0.724 bits per heavy atom. The Kier molecular flexibility index (Phi) is 3.49. The Morgan fingerprint density at radius 2 is 1.38 bits per heavy atom. The van der Waals surface area contributed by atoms with Crippen LogP contribution in [0.25, 0.3) is 48.3 Å². The largest absolute Gasteiger partial charge is 0.508 e. The zero-order valence-electron chi connectivity index (χ0n) is 15.4. The molecule has 0 radical (unpaired) electrons. The second-order valence-corrected chi connectivity index (χ2v) is 8.09. The predicted octanol–water partition coefficient (Wildman–Crippen LogP) is 6.77. The molecule has 29 heavy (non-hydrogen) atoms. The number of rotatable bonds is 2. The number of nitrogens with zero attached hydrogens (tertiary/aromatic N) is 2. The molecule has 0 aliphatic rings. The van der Waals surface area contributed by atoms with E-state index in [1.54, 1.807) is 17.4 Å². The molecule has 6 rings (SSSR count). The zero-order chi connectivity index (χ0) is 19.4. The fourth-order valence-electron chi connectivity index (χ4n) is 4.06. The average molecular weight is 392 g/mol. The third kappa shape index (κ3) is 2.46. The predicted molar refractivity (Wildman–Crippen MR) is 121 cm³/mol. The van der Waals surface area contributed by atoms with E-state index in [-0.39, 0.29) is 5.75 Å². The van der Waals surface area contributed by atoms with Gasteiger partial charge in [-0.1, -0.05) is 48.5 Å². The zero-order valence-corrected chi connectivity index (χ0v) is 16.2. The van der Waals surface area contributed by atoms with Crippen LogP contribution < -0.4 is 0 Å². The molecule has 4 aromatic carbocycles. The third-order valence-corrected chi connectivity index (χ3v) is 6.40. The molecule has 0 amide bonds. The van der Waals surface area contributed by atoms with Crippen LogP contribution in [0.1, 0.15) is 0 Å². The van der Waals surface area contributed by atoms with Crippen molar-refractivity contribution in [2.75, 3.05) is 0 Å². The van der Waals surface area contributed by atoms with Gasteiger partial charge in [0.1, 0.15) is 10.8 Å². The third-order valence-electron chi connectivity index (χ3n) is 5.33. The monoisotopic (exact) mass is 392 g/mol. The summed E-state index contributed by atoms with van der Waals surface area (Å²) < 4.78 is 3.38. The Hall–Kier alpha value is -3.63. The molecule has 2 heterocycles. The summed E-state index contributed by atoms with van der Waals surface area (Å²) in [4.78, 5) is 4.87. The Balaban J connectivity index is 1.73. The lowest BCUT2D eigenvalue weighted by molar-refractivity contribution is 0.475. The highest BCUT2D eigenvalue weighted by Gasteiger charge is 2.17. The molecule has 138 valence electrons. The summed E-state index contributed by atoms with van der Waals surface area (Å²) in [5.41, 5.74) is 5.16. The van der Waals surface area contributed by atoms with Gasteiger partial charge >= 0.3 is 0 Å². The van der Waals surface area contributed by atoms with Gasteiger partial charge in [0, 0.05) is 22.4 Å². The number of hydrogen-bond donors (Lipinski definition) is 1. The summed E-state index contributed by atoms with van der Waals surface area (Å²) in [6.07, 6.45) is 0. The van der Waals surface area contributed by atoms with Crippen LogP contribution in [-0.4, -0.2) is 14.7 Å². The number of hydrogen-bond acceptors (Lipinski definition) is 3. The fourth-order valence-corrected chi connectivity index (χ4v) is 5.06. The highest BCUT2D eigenvalue weighted by Crippen LogP contribution is 2.39. The van der Waals surface area contributed by atoms with Crippen LogP contribution >= 0.6 is 11.3 Å². The van der Waals surface area contributed by atoms with Crippen molar-refractivity contribution in [3.8, 4) is 22.0 Å². The molecule has 3 nitrogen and oxygen atoms in total. The highest BCUT2D eigenvalue weighted by atomic mass is 32.1. The van der Waals surface area contributed by atoms with Crippen molar-refractivity contribution in [3.63, 3.8) is 0 Å². The van der Waals surface area contributed by atoms with E-state index in [4.69, 9.17) is 4.98 Å². The molecule has 0 bridgehead atoms. The van der Waals surface area contributed by atoms with Crippen LogP contribution in [0, 0.1) is 0 Å². The number of thiazole rings is 1. The van der Waals surface area contributed by atoms with Crippen molar-refractivity contribution < 1.29 is 5.11 Å². The molecule has 4 heteroatoms. The molecule has 0 aliphatic carbocycles. The van der Waals surface area contributed by atoms with Gasteiger partial charge in [-0.2, -0.15) is 0 Å². The summed E-state index contributed by atoms with van der Waals surface area (Å²) in [5, 5.41) is 13.7. The van der Waals surface area contributed by atoms with Gasteiger partial charge in [0.2, 0.25) is 0 Å². The molecule has 0 aliphatic heterocycles. The van der Waals surface area contributed by atoms with Gasteiger partial charge in [-0.25, -0.2) is 4.98 Å². The van der Waals surface area contributed by atoms with Crippen LogP contribution in [0.5, 0.6) is 5.75 Å². The quantitative estimate of drug-likeness (QED) is 0.353. The van der Waals surface area contributed by atoms with Crippen LogP contribution in [0.2, 0.25) is 0 Å². The molecule has 2 aromatic heterocycles. The van der Waals surface area contributed by atoms with Crippen molar-refractivity contribution >= 4 is 43.4 Å². The maximum atomic E-state index is 10.3. The number of phenols is 1. The maximum Gasteiger partial charge on any atom is 0.126 e. The lowest BCUT2D eigenvalue weighted by Crippen LogP contribution is -1.97. The minimum atomic E-state index is 0.242. The molecule has 0 fully saturated rings. The van der Waals surface area contributed by atoms with Crippen molar-refractivity contribution in [2.45, 2.75) is 0 Å². The highest BCUT2D eigenvalue weighted by molar-refractivity contribution is 7.21. The topological polar surface area (TPSA) is 38.1 Å². The average Bonchev–Trinajstić information content (AvgIpc) is 3.33. The lowest BCUT2D eigenvalue weighted by atomic mass is 10.1. The number of aromatic hydroxyl groups is 1. The summed E-state index contributed by atoms with van der Waals surface area (Å²) in [5.74, 6) is 0.242. The number of para-hydroxylation sites is 3. The lowest BCUT2D eigenvalue weighted by Gasteiger charge is -2.12. The van der Waals surface area contributed by atoms with E-state index in [0.717, 1.165) is 37.5 Å². The van der Waals surface area contributed by atoms with E-state index in [9.17, 15) is 5.11 Å². The first-order chi connectivity index (χ1) is 14.3. The molecule has 0 spiro atoms. The van der Waals surface area contributed by atoms with Gasteiger partial charge in [-0.3, -0.25) is 0 Å². The fraction of sp³-hybridized carbons (Fsp3) is 0. The first kappa shape index (κ1) is 16.3. The van der Waals surface area contributed by atoms with E-state index in [2.05, 4.69) is 59.2 Å². The molecule has 1 N–H and O–H groups in total. The SMILES string of the molecule is Oc1ccc(-c2nc3ccccc3s2)c(-n2c3ccccc3c3ccccc32)c1. The van der Waals surface area contributed by atoms with Crippen LogP contribution in [0.15, 0.2) is 91.0 Å². The van der Waals surface area contributed by atoms with Gasteiger partial charge in [0.25, 0.3) is 0 Å². The van der Waals surface area contributed by atoms with E-state index in [1.165, 1.54) is 10.8 Å². The van der Waals surface area contributed by atoms with Gasteiger partial charge in [-0.15, -0.1) is 11.3 Å². The summed E-state index contributed by atoms with van der Waals surface area (Å²) in [6.45, 7) is 0. The van der Waals surface area contributed by atoms with Crippen molar-refractivity contribution in [1.82, 2.24) is 9.55 Å².